The number of anilines is 1. The normalized spacial score (nSPS) is 15.4. The van der Waals surface area contributed by atoms with Gasteiger partial charge in [-0.25, -0.2) is 9.69 Å². The van der Waals surface area contributed by atoms with E-state index in [4.69, 9.17) is 0 Å². The molecule has 1 N–H and O–H groups in total. The predicted molar refractivity (Wildman–Crippen MR) is 108 cm³/mol. The predicted octanol–water partition coefficient (Wildman–Crippen LogP) is 3.05. The third-order valence-electron chi connectivity index (χ3n) is 4.53. The van der Waals surface area contributed by atoms with Crippen molar-refractivity contribution in [3.8, 4) is 5.69 Å². The van der Waals surface area contributed by atoms with Gasteiger partial charge in [-0.2, -0.15) is 0 Å². The van der Waals surface area contributed by atoms with E-state index in [9.17, 15) is 24.5 Å². The van der Waals surface area contributed by atoms with Gasteiger partial charge in [-0.3, -0.25) is 25.0 Å². The van der Waals surface area contributed by atoms with Gasteiger partial charge in [-0.1, -0.05) is 18.2 Å². The summed E-state index contributed by atoms with van der Waals surface area (Å²) in [7, 11) is 0. The Morgan fingerprint density at radius 1 is 0.867 bits per heavy atom. The Hall–Kier alpha value is -4.53. The molecule has 0 spiro atoms. The van der Waals surface area contributed by atoms with Crippen LogP contribution in [-0.2, 0) is 9.59 Å². The number of carbonyl (C=O) groups is 3. The number of barbiturate groups is 1. The van der Waals surface area contributed by atoms with Crippen molar-refractivity contribution in [2.24, 2.45) is 0 Å². The molecule has 0 atom stereocenters. The number of rotatable bonds is 4. The first-order valence-electron chi connectivity index (χ1n) is 8.84. The highest BCUT2D eigenvalue weighted by molar-refractivity contribution is 6.39. The van der Waals surface area contributed by atoms with E-state index in [-0.39, 0.29) is 11.3 Å². The van der Waals surface area contributed by atoms with Crippen LogP contribution in [0.4, 0.5) is 16.2 Å². The maximum Gasteiger partial charge on any atom is 0.335 e. The summed E-state index contributed by atoms with van der Waals surface area (Å²) in [4.78, 5) is 48.8. The van der Waals surface area contributed by atoms with Crippen LogP contribution in [0.5, 0.6) is 0 Å². The zero-order valence-electron chi connectivity index (χ0n) is 15.4. The van der Waals surface area contributed by atoms with Crippen molar-refractivity contribution in [1.29, 1.82) is 0 Å². The zero-order chi connectivity index (χ0) is 21.3. The first kappa shape index (κ1) is 18.8. The Labute approximate surface area is 170 Å². The fourth-order valence-corrected chi connectivity index (χ4v) is 3.10. The van der Waals surface area contributed by atoms with Crippen LogP contribution >= 0.6 is 0 Å². The standard InChI is InChI=1S/C21H14N4O5/c26-19-18(20(27)24(21(28)22-19)15-5-2-1-3-6-15)13-17-7-4-12-23(17)14-8-10-16(11-9-14)25(29)30/h1-13H,(H,22,26,28). The van der Waals surface area contributed by atoms with Gasteiger partial charge in [0, 0.05) is 29.7 Å². The minimum atomic E-state index is -0.820. The smallest absolute Gasteiger partial charge is 0.317 e. The average Bonchev–Trinajstić information content (AvgIpc) is 3.20. The lowest BCUT2D eigenvalue weighted by Gasteiger charge is -2.26. The molecule has 0 saturated carbocycles. The van der Waals surface area contributed by atoms with Crippen molar-refractivity contribution in [3.63, 3.8) is 0 Å². The summed E-state index contributed by atoms with van der Waals surface area (Å²) in [5, 5.41) is 13.0. The van der Waals surface area contributed by atoms with E-state index in [0.29, 0.717) is 17.1 Å². The molecule has 1 saturated heterocycles. The van der Waals surface area contributed by atoms with Crippen LogP contribution in [0.15, 0.2) is 78.5 Å². The average molecular weight is 402 g/mol. The van der Waals surface area contributed by atoms with Gasteiger partial charge in [0.2, 0.25) is 0 Å². The van der Waals surface area contributed by atoms with Gasteiger partial charge in [0.25, 0.3) is 17.5 Å². The number of carbonyl (C=O) groups excluding carboxylic acids is 3. The van der Waals surface area contributed by atoms with Gasteiger partial charge in [-0.05, 0) is 42.5 Å². The summed E-state index contributed by atoms with van der Waals surface area (Å²) in [6, 6.07) is 16.7. The molecule has 30 heavy (non-hydrogen) atoms. The van der Waals surface area contributed by atoms with E-state index >= 15 is 0 Å². The van der Waals surface area contributed by atoms with Gasteiger partial charge in [0.15, 0.2) is 0 Å². The summed E-state index contributed by atoms with van der Waals surface area (Å²) < 4.78 is 1.67. The highest BCUT2D eigenvalue weighted by Crippen LogP contribution is 2.23. The molecule has 2 heterocycles. The molecule has 4 rings (SSSR count). The second-order valence-corrected chi connectivity index (χ2v) is 6.37. The van der Waals surface area contributed by atoms with E-state index in [2.05, 4.69) is 5.32 Å². The number of non-ortho nitro benzene ring substituents is 1. The summed E-state index contributed by atoms with van der Waals surface area (Å²) in [6.45, 7) is 0. The Balaban J connectivity index is 1.72. The number of aromatic nitrogens is 1. The summed E-state index contributed by atoms with van der Waals surface area (Å²) in [6.07, 6.45) is 3.07. The van der Waals surface area contributed by atoms with Crippen molar-refractivity contribution in [2.75, 3.05) is 4.90 Å². The molecule has 9 heteroatoms. The van der Waals surface area contributed by atoms with Crippen molar-refractivity contribution in [1.82, 2.24) is 9.88 Å². The lowest BCUT2D eigenvalue weighted by molar-refractivity contribution is -0.384. The van der Waals surface area contributed by atoms with Gasteiger partial charge in [0.1, 0.15) is 5.57 Å². The van der Waals surface area contributed by atoms with Crippen molar-refractivity contribution in [2.45, 2.75) is 0 Å². The molecule has 1 aliphatic rings. The van der Waals surface area contributed by atoms with Crippen molar-refractivity contribution in [3.05, 3.63) is 94.3 Å². The molecule has 0 unspecified atom stereocenters. The molecule has 4 amide bonds. The zero-order valence-corrected chi connectivity index (χ0v) is 15.4. The Morgan fingerprint density at radius 3 is 2.23 bits per heavy atom. The number of hydrogen-bond acceptors (Lipinski definition) is 5. The van der Waals surface area contributed by atoms with E-state index in [0.717, 1.165) is 4.90 Å². The van der Waals surface area contributed by atoms with Gasteiger partial charge < -0.3 is 4.57 Å². The van der Waals surface area contributed by atoms with Crippen LogP contribution in [0.3, 0.4) is 0 Å². The van der Waals surface area contributed by atoms with E-state index in [1.54, 1.807) is 65.4 Å². The van der Waals surface area contributed by atoms with E-state index < -0.39 is 22.8 Å². The first-order valence-corrected chi connectivity index (χ1v) is 8.84. The Bertz CT molecular complexity index is 1200. The van der Waals surface area contributed by atoms with Gasteiger partial charge in [0.05, 0.1) is 10.6 Å². The molecule has 9 nitrogen and oxygen atoms in total. The quantitative estimate of drug-likeness (QED) is 0.312. The van der Waals surface area contributed by atoms with Gasteiger partial charge >= 0.3 is 6.03 Å². The Morgan fingerprint density at radius 2 is 1.57 bits per heavy atom. The molecule has 1 aliphatic heterocycles. The van der Waals surface area contributed by atoms with Gasteiger partial charge in [-0.15, -0.1) is 0 Å². The van der Waals surface area contributed by atoms with E-state index in [1.807, 2.05) is 0 Å². The molecule has 1 fully saturated rings. The number of imide groups is 2. The molecule has 0 radical (unpaired) electrons. The molecule has 1 aromatic heterocycles. The Kier molecular flexibility index (Phi) is 4.69. The number of para-hydroxylation sites is 1. The summed E-state index contributed by atoms with van der Waals surface area (Å²) >= 11 is 0. The topological polar surface area (TPSA) is 115 Å². The lowest BCUT2D eigenvalue weighted by Crippen LogP contribution is -2.54. The van der Waals surface area contributed by atoms with Crippen molar-refractivity contribution < 1.29 is 19.3 Å². The molecular weight excluding hydrogens is 388 g/mol. The SMILES string of the molecule is O=C1NC(=O)N(c2ccccc2)C(=O)C1=Cc1cccn1-c1ccc([N+](=O)[O-])cc1. The van der Waals surface area contributed by atoms with Crippen LogP contribution in [0.1, 0.15) is 5.69 Å². The largest absolute Gasteiger partial charge is 0.335 e. The lowest BCUT2D eigenvalue weighted by atomic mass is 10.1. The number of urea groups is 1. The monoisotopic (exact) mass is 402 g/mol. The molecule has 0 bridgehead atoms. The van der Waals surface area contributed by atoms with Crippen LogP contribution in [0.2, 0.25) is 0 Å². The third-order valence-corrected chi connectivity index (χ3v) is 4.53. The first-order chi connectivity index (χ1) is 14.5. The number of nitro groups is 1. The summed E-state index contributed by atoms with van der Waals surface area (Å²) in [5.41, 5.74) is 1.18. The van der Waals surface area contributed by atoms with Crippen LogP contribution < -0.4 is 10.2 Å². The maximum absolute atomic E-state index is 12.9. The summed E-state index contributed by atoms with van der Waals surface area (Å²) in [5.74, 6) is -1.54. The molecular formula is C21H14N4O5. The number of nitrogens with zero attached hydrogens (tertiary/aromatic N) is 3. The van der Waals surface area contributed by atoms with Crippen LogP contribution in [0.25, 0.3) is 11.8 Å². The second-order valence-electron chi connectivity index (χ2n) is 6.37. The highest BCUT2D eigenvalue weighted by Gasteiger charge is 2.36. The molecule has 148 valence electrons. The highest BCUT2D eigenvalue weighted by atomic mass is 16.6. The third kappa shape index (κ3) is 3.35. The molecule has 0 aliphatic carbocycles. The number of nitro benzene ring substituents is 1. The number of hydrogen-bond donors (Lipinski definition) is 1. The van der Waals surface area contributed by atoms with Crippen LogP contribution in [0, 0.1) is 10.1 Å². The minimum absolute atomic E-state index is 0.0512. The number of nitrogens with one attached hydrogen (secondary N) is 1. The fraction of sp³-hybridized carbons (Fsp3) is 0. The maximum atomic E-state index is 12.9. The molecule has 3 aromatic rings. The van der Waals surface area contributed by atoms with Crippen molar-refractivity contribution >= 4 is 35.3 Å². The van der Waals surface area contributed by atoms with Crippen LogP contribution in [-0.4, -0.2) is 27.3 Å². The fourth-order valence-electron chi connectivity index (χ4n) is 3.10. The minimum Gasteiger partial charge on any atom is -0.317 e. The number of amides is 4. The molecule has 2 aromatic carbocycles. The van der Waals surface area contributed by atoms with E-state index in [1.165, 1.54) is 18.2 Å². The number of benzene rings is 2. The second kappa shape index (κ2) is 7.47.